The van der Waals surface area contributed by atoms with Crippen LogP contribution in [0.4, 0.5) is 0 Å². The number of pyridine rings is 1. The molecule has 2 rings (SSSR count). The maximum Gasteiger partial charge on any atom is 0.251 e. The highest BCUT2D eigenvalue weighted by Crippen LogP contribution is 2.21. The summed E-state index contributed by atoms with van der Waals surface area (Å²) in [6.07, 6.45) is 2.55. The Morgan fingerprint density at radius 2 is 2.09 bits per heavy atom. The quantitative estimate of drug-likeness (QED) is 0.336. The predicted molar refractivity (Wildman–Crippen MR) is 93.8 cm³/mol. The minimum Gasteiger partial charge on any atom is -0.618 e. The molecule has 2 aromatic heterocycles. The topological polar surface area (TPSA) is 48.9 Å². The van der Waals surface area contributed by atoms with Gasteiger partial charge in [0.25, 0.3) is 5.03 Å². The molecular weight excluding hydrogens is 308 g/mol. The summed E-state index contributed by atoms with van der Waals surface area (Å²) in [5.41, 5.74) is 2.92. The number of ketones is 1. The summed E-state index contributed by atoms with van der Waals surface area (Å²) in [5.74, 6) is 0.986. The molecule has 0 aromatic carbocycles. The van der Waals surface area contributed by atoms with Crippen LogP contribution in [0.15, 0.2) is 35.5 Å². The molecule has 0 spiro atoms. The second-order valence-electron chi connectivity index (χ2n) is 6.20. The van der Waals surface area contributed by atoms with Gasteiger partial charge in [0.15, 0.2) is 12.0 Å². The van der Waals surface area contributed by atoms with Gasteiger partial charge in [-0.15, -0.1) is 0 Å². The number of rotatable bonds is 7. The smallest absolute Gasteiger partial charge is 0.251 e. The molecule has 0 saturated heterocycles. The Kier molecular flexibility index (Phi) is 5.88. The summed E-state index contributed by atoms with van der Waals surface area (Å²) < 4.78 is 3.01. The third kappa shape index (κ3) is 4.38. The van der Waals surface area contributed by atoms with E-state index in [-0.39, 0.29) is 11.5 Å². The van der Waals surface area contributed by atoms with Crippen LogP contribution < -0.4 is 4.73 Å². The van der Waals surface area contributed by atoms with E-state index in [1.165, 1.54) is 18.0 Å². The standard InChI is InChI=1S/C18H24N2O2S/c1-13(2)8-10-19-14(3)11-16(15(19)4)17(21)12-23-18-7-5-6-9-20(18)22/h5-7,9,11,13H,8,10,12H2,1-4H3. The Labute approximate surface area is 142 Å². The Morgan fingerprint density at radius 3 is 2.74 bits per heavy atom. The first kappa shape index (κ1) is 17.6. The molecule has 0 fully saturated rings. The van der Waals surface area contributed by atoms with Gasteiger partial charge in [0.2, 0.25) is 0 Å². The van der Waals surface area contributed by atoms with Crippen molar-refractivity contribution in [1.29, 1.82) is 0 Å². The minimum absolute atomic E-state index is 0.0720. The van der Waals surface area contributed by atoms with Gasteiger partial charge in [-0.25, -0.2) is 0 Å². The van der Waals surface area contributed by atoms with Crippen molar-refractivity contribution in [2.24, 2.45) is 5.92 Å². The average molecular weight is 332 g/mol. The van der Waals surface area contributed by atoms with Gasteiger partial charge >= 0.3 is 0 Å². The maximum atomic E-state index is 12.5. The van der Waals surface area contributed by atoms with Crippen molar-refractivity contribution in [1.82, 2.24) is 4.57 Å². The van der Waals surface area contributed by atoms with E-state index in [9.17, 15) is 10.0 Å². The molecule has 23 heavy (non-hydrogen) atoms. The lowest BCUT2D eigenvalue weighted by molar-refractivity contribution is -0.645. The lowest BCUT2D eigenvalue weighted by Gasteiger charge is -2.11. The van der Waals surface area contributed by atoms with Crippen LogP contribution in [0.25, 0.3) is 0 Å². The fourth-order valence-electron chi connectivity index (χ4n) is 2.56. The van der Waals surface area contributed by atoms with Crippen LogP contribution in [0.3, 0.4) is 0 Å². The van der Waals surface area contributed by atoms with E-state index in [0.29, 0.717) is 10.9 Å². The van der Waals surface area contributed by atoms with Crippen LogP contribution in [-0.2, 0) is 6.54 Å². The van der Waals surface area contributed by atoms with Gasteiger partial charge in [-0.2, -0.15) is 4.73 Å². The summed E-state index contributed by atoms with van der Waals surface area (Å²) in [4.78, 5) is 12.5. The van der Waals surface area contributed by atoms with Crippen molar-refractivity contribution in [3.05, 3.63) is 52.6 Å². The second kappa shape index (κ2) is 7.68. The molecular formula is C18H24N2O2S. The lowest BCUT2D eigenvalue weighted by Crippen LogP contribution is -2.28. The SMILES string of the molecule is Cc1cc(C(=O)CSc2cccc[n+]2[O-])c(C)n1CCC(C)C. The molecule has 0 atom stereocenters. The molecule has 5 heteroatoms. The van der Waals surface area contributed by atoms with Crippen molar-refractivity contribution < 1.29 is 9.52 Å². The second-order valence-corrected chi connectivity index (χ2v) is 7.19. The average Bonchev–Trinajstić information content (AvgIpc) is 2.79. The van der Waals surface area contributed by atoms with Gasteiger partial charge in [0, 0.05) is 35.6 Å². The fourth-order valence-corrected chi connectivity index (χ4v) is 3.35. The molecule has 0 aliphatic carbocycles. The number of nitrogens with zero attached hydrogens (tertiary/aromatic N) is 2. The number of carbonyl (C=O) groups is 1. The van der Waals surface area contributed by atoms with Gasteiger partial charge in [0.1, 0.15) is 0 Å². The lowest BCUT2D eigenvalue weighted by atomic mass is 10.1. The van der Waals surface area contributed by atoms with Gasteiger partial charge in [-0.05, 0) is 50.1 Å². The van der Waals surface area contributed by atoms with Crippen molar-refractivity contribution >= 4 is 17.5 Å². The summed E-state index contributed by atoms with van der Waals surface area (Å²) in [7, 11) is 0. The maximum absolute atomic E-state index is 12.5. The molecule has 124 valence electrons. The largest absolute Gasteiger partial charge is 0.618 e. The van der Waals surface area contributed by atoms with E-state index in [0.717, 1.165) is 34.6 Å². The van der Waals surface area contributed by atoms with E-state index in [1.807, 2.05) is 19.9 Å². The zero-order chi connectivity index (χ0) is 17.0. The monoisotopic (exact) mass is 332 g/mol. The first-order valence-electron chi connectivity index (χ1n) is 7.91. The highest BCUT2D eigenvalue weighted by molar-refractivity contribution is 7.99. The molecule has 0 unspecified atom stereocenters. The molecule has 0 saturated carbocycles. The first-order chi connectivity index (χ1) is 10.9. The molecule has 0 N–H and O–H groups in total. The van der Waals surface area contributed by atoms with Gasteiger partial charge in [-0.3, -0.25) is 4.79 Å². The van der Waals surface area contributed by atoms with Crippen LogP contribution in [0.5, 0.6) is 0 Å². The molecule has 0 radical (unpaired) electrons. The van der Waals surface area contributed by atoms with Crippen LogP contribution in [0.2, 0.25) is 0 Å². The summed E-state index contributed by atoms with van der Waals surface area (Å²) in [6, 6.07) is 7.19. The molecule has 0 bridgehead atoms. The van der Waals surface area contributed by atoms with E-state index in [2.05, 4.69) is 18.4 Å². The van der Waals surface area contributed by atoms with E-state index in [1.54, 1.807) is 18.2 Å². The number of Topliss-reactive ketones (excluding diaryl/α,β-unsaturated/α-hetero) is 1. The van der Waals surface area contributed by atoms with Gasteiger partial charge in [0.05, 0.1) is 5.75 Å². The minimum atomic E-state index is 0.0720. The van der Waals surface area contributed by atoms with E-state index in [4.69, 9.17) is 0 Å². The Bertz CT molecular complexity index is 692. The number of aromatic nitrogens is 2. The summed E-state index contributed by atoms with van der Waals surface area (Å²) in [5, 5.41) is 12.2. The van der Waals surface area contributed by atoms with Crippen LogP contribution in [0, 0.1) is 25.0 Å². The van der Waals surface area contributed by atoms with Gasteiger partial charge in [-0.1, -0.05) is 13.8 Å². The third-order valence-electron chi connectivity index (χ3n) is 3.94. The van der Waals surface area contributed by atoms with Crippen molar-refractivity contribution in [2.45, 2.75) is 45.7 Å². The van der Waals surface area contributed by atoms with Crippen LogP contribution in [-0.4, -0.2) is 16.1 Å². The summed E-state index contributed by atoms with van der Waals surface area (Å²) in [6.45, 7) is 9.39. The number of aryl methyl sites for hydroxylation is 1. The van der Waals surface area contributed by atoms with Crippen molar-refractivity contribution in [3.8, 4) is 0 Å². The Balaban J connectivity index is 2.08. The van der Waals surface area contributed by atoms with Gasteiger partial charge < -0.3 is 9.77 Å². The molecule has 0 aliphatic heterocycles. The molecule has 4 nitrogen and oxygen atoms in total. The van der Waals surface area contributed by atoms with Crippen molar-refractivity contribution in [3.63, 3.8) is 0 Å². The fraction of sp³-hybridized carbons (Fsp3) is 0.444. The molecule has 2 aromatic rings. The summed E-state index contributed by atoms with van der Waals surface area (Å²) >= 11 is 1.28. The number of hydrogen-bond acceptors (Lipinski definition) is 3. The Hall–Kier alpha value is -1.75. The third-order valence-corrected chi connectivity index (χ3v) is 4.96. The number of hydrogen-bond donors (Lipinski definition) is 0. The molecule has 2 heterocycles. The highest BCUT2D eigenvalue weighted by Gasteiger charge is 2.17. The molecule has 0 aliphatic rings. The normalized spacial score (nSPS) is 11.2. The Morgan fingerprint density at radius 1 is 1.35 bits per heavy atom. The number of carbonyl (C=O) groups excluding carboxylic acids is 1. The molecule has 0 amide bonds. The predicted octanol–water partition coefficient (Wildman–Crippen LogP) is 3.76. The zero-order valence-electron chi connectivity index (χ0n) is 14.2. The van der Waals surface area contributed by atoms with Crippen LogP contribution in [0.1, 0.15) is 42.0 Å². The van der Waals surface area contributed by atoms with E-state index < -0.39 is 0 Å². The van der Waals surface area contributed by atoms with Crippen molar-refractivity contribution in [2.75, 3.05) is 5.75 Å². The highest BCUT2D eigenvalue weighted by atomic mass is 32.2. The van der Waals surface area contributed by atoms with E-state index >= 15 is 0 Å². The first-order valence-corrected chi connectivity index (χ1v) is 8.89. The number of thioether (sulfide) groups is 1. The van der Waals surface area contributed by atoms with Crippen LogP contribution >= 0.6 is 11.8 Å². The zero-order valence-corrected chi connectivity index (χ0v) is 15.0.